The lowest BCUT2D eigenvalue weighted by molar-refractivity contribution is 0.576. The highest BCUT2D eigenvalue weighted by molar-refractivity contribution is 7.17. The molecule has 4 nitrogen and oxygen atoms in total. The van der Waals surface area contributed by atoms with Crippen LogP contribution in [0.1, 0.15) is 25.7 Å². The number of anilines is 1. The third kappa shape index (κ3) is 2.21. The highest BCUT2D eigenvalue weighted by Crippen LogP contribution is 2.36. The summed E-state index contributed by atoms with van der Waals surface area (Å²) in [7, 11) is 0. The molecular formula is C14H18N4S. The zero-order valence-corrected chi connectivity index (χ0v) is 11.7. The lowest BCUT2D eigenvalue weighted by Crippen LogP contribution is -2.39. The fourth-order valence-electron chi connectivity index (χ4n) is 2.93. The van der Waals surface area contributed by atoms with E-state index in [4.69, 9.17) is 0 Å². The molecule has 2 fully saturated rings. The maximum atomic E-state index is 4.58. The van der Waals surface area contributed by atoms with Gasteiger partial charge >= 0.3 is 0 Å². The first-order valence-electron chi connectivity index (χ1n) is 7.10. The van der Waals surface area contributed by atoms with Crippen LogP contribution in [0.2, 0.25) is 0 Å². The summed E-state index contributed by atoms with van der Waals surface area (Å²) in [6.45, 7) is 2.26. The van der Waals surface area contributed by atoms with Crippen molar-refractivity contribution in [2.75, 3.05) is 18.0 Å². The van der Waals surface area contributed by atoms with Crippen molar-refractivity contribution in [1.82, 2.24) is 15.3 Å². The Balaban J connectivity index is 1.67. The number of rotatable bonds is 4. The van der Waals surface area contributed by atoms with Crippen molar-refractivity contribution < 1.29 is 0 Å². The molecule has 0 spiro atoms. The molecule has 0 radical (unpaired) electrons. The van der Waals surface area contributed by atoms with Crippen LogP contribution in [-0.2, 0) is 0 Å². The summed E-state index contributed by atoms with van der Waals surface area (Å²) in [4.78, 5) is 11.5. The summed E-state index contributed by atoms with van der Waals surface area (Å²) in [5.74, 6) is 1.15. The van der Waals surface area contributed by atoms with Gasteiger partial charge in [0.05, 0.1) is 10.2 Å². The molecule has 1 unspecified atom stereocenters. The minimum atomic E-state index is 0.630. The van der Waals surface area contributed by atoms with Gasteiger partial charge in [-0.25, -0.2) is 9.97 Å². The van der Waals surface area contributed by atoms with Gasteiger partial charge in [0, 0.05) is 18.6 Å². The Bertz CT molecular complexity index is 572. The first kappa shape index (κ1) is 11.6. The SMILES string of the molecule is c1nc(N(CC2CCCN2)C2CC2)c2sccc2n1. The smallest absolute Gasteiger partial charge is 0.150 e. The van der Waals surface area contributed by atoms with Gasteiger partial charge in [-0.3, -0.25) is 0 Å². The van der Waals surface area contributed by atoms with Crippen molar-refractivity contribution >= 4 is 27.4 Å². The summed E-state index contributed by atoms with van der Waals surface area (Å²) >= 11 is 1.76. The second kappa shape index (κ2) is 4.72. The standard InChI is InChI=1S/C14H18N4S/c1-2-10(15-6-1)8-18(11-3-4-11)14-13-12(5-7-19-13)16-9-17-14/h5,7,9-11,15H,1-4,6,8H2. The van der Waals surface area contributed by atoms with Crippen LogP contribution >= 0.6 is 11.3 Å². The monoisotopic (exact) mass is 274 g/mol. The molecule has 5 heteroatoms. The molecule has 0 amide bonds. The molecule has 19 heavy (non-hydrogen) atoms. The highest BCUT2D eigenvalue weighted by atomic mass is 32.1. The Hall–Kier alpha value is -1.20. The zero-order chi connectivity index (χ0) is 12.7. The van der Waals surface area contributed by atoms with Gasteiger partial charge in [0.2, 0.25) is 0 Å². The summed E-state index contributed by atoms with van der Waals surface area (Å²) in [5.41, 5.74) is 1.08. The van der Waals surface area contributed by atoms with Crippen LogP contribution in [0.4, 0.5) is 5.82 Å². The van der Waals surface area contributed by atoms with Crippen LogP contribution in [0, 0.1) is 0 Å². The minimum Gasteiger partial charge on any atom is -0.351 e. The maximum Gasteiger partial charge on any atom is 0.150 e. The van der Waals surface area contributed by atoms with E-state index >= 15 is 0 Å². The van der Waals surface area contributed by atoms with E-state index in [-0.39, 0.29) is 0 Å². The molecule has 1 aliphatic carbocycles. The quantitative estimate of drug-likeness (QED) is 0.929. The van der Waals surface area contributed by atoms with Gasteiger partial charge < -0.3 is 10.2 Å². The number of thiophene rings is 1. The first-order valence-corrected chi connectivity index (χ1v) is 7.98. The van der Waals surface area contributed by atoms with Gasteiger partial charge in [-0.1, -0.05) is 0 Å². The van der Waals surface area contributed by atoms with E-state index in [0.717, 1.165) is 17.9 Å². The van der Waals surface area contributed by atoms with Crippen LogP contribution in [0.15, 0.2) is 17.8 Å². The topological polar surface area (TPSA) is 41.1 Å². The molecule has 2 aliphatic rings. The van der Waals surface area contributed by atoms with Gasteiger partial charge in [0.15, 0.2) is 0 Å². The average molecular weight is 274 g/mol. The Labute approximate surface area is 116 Å². The van der Waals surface area contributed by atoms with E-state index in [1.165, 1.54) is 36.9 Å². The predicted octanol–water partition coefficient (Wildman–Crippen LogP) is 2.41. The number of hydrogen-bond donors (Lipinski definition) is 1. The lowest BCUT2D eigenvalue weighted by Gasteiger charge is -2.27. The molecule has 0 bridgehead atoms. The fourth-order valence-corrected chi connectivity index (χ4v) is 3.78. The van der Waals surface area contributed by atoms with Crippen LogP contribution in [0.5, 0.6) is 0 Å². The minimum absolute atomic E-state index is 0.630. The maximum absolute atomic E-state index is 4.58. The second-order valence-electron chi connectivity index (χ2n) is 5.51. The molecule has 1 saturated heterocycles. The van der Waals surface area contributed by atoms with E-state index < -0.39 is 0 Å². The van der Waals surface area contributed by atoms with E-state index in [9.17, 15) is 0 Å². The molecule has 2 aromatic rings. The fraction of sp³-hybridized carbons (Fsp3) is 0.571. The van der Waals surface area contributed by atoms with Crippen molar-refractivity contribution in [3.8, 4) is 0 Å². The van der Waals surface area contributed by atoms with Crippen molar-refractivity contribution in [3.63, 3.8) is 0 Å². The molecule has 3 heterocycles. The number of nitrogens with zero attached hydrogens (tertiary/aromatic N) is 3. The number of fused-ring (bicyclic) bond motifs is 1. The van der Waals surface area contributed by atoms with E-state index in [2.05, 4.69) is 31.6 Å². The third-order valence-corrected chi connectivity index (χ3v) is 4.96. The Morgan fingerprint density at radius 2 is 2.26 bits per heavy atom. The van der Waals surface area contributed by atoms with Crippen molar-refractivity contribution in [2.24, 2.45) is 0 Å². The Morgan fingerprint density at radius 1 is 1.32 bits per heavy atom. The first-order chi connectivity index (χ1) is 9.42. The van der Waals surface area contributed by atoms with Crippen molar-refractivity contribution in [1.29, 1.82) is 0 Å². The summed E-state index contributed by atoms with van der Waals surface area (Å²) in [6.07, 6.45) is 6.93. The van der Waals surface area contributed by atoms with Crippen molar-refractivity contribution in [2.45, 2.75) is 37.8 Å². The van der Waals surface area contributed by atoms with E-state index in [0.29, 0.717) is 12.1 Å². The zero-order valence-electron chi connectivity index (χ0n) is 10.9. The Kier molecular flexibility index (Phi) is 2.89. The Morgan fingerprint density at radius 3 is 3.05 bits per heavy atom. The summed E-state index contributed by atoms with van der Waals surface area (Å²) in [6, 6.07) is 3.41. The molecular weight excluding hydrogens is 256 g/mol. The molecule has 4 rings (SSSR count). The van der Waals surface area contributed by atoms with Crippen molar-refractivity contribution in [3.05, 3.63) is 17.8 Å². The van der Waals surface area contributed by atoms with Crippen LogP contribution in [0.3, 0.4) is 0 Å². The molecule has 2 aromatic heterocycles. The summed E-state index contributed by atoms with van der Waals surface area (Å²) in [5, 5.41) is 5.71. The molecule has 1 N–H and O–H groups in total. The van der Waals surface area contributed by atoms with Gasteiger partial charge in [-0.15, -0.1) is 11.3 Å². The van der Waals surface area contributed by atoms with Crippen LogP contribution < -0.4 is 10.2 Å². The van der Waals surface area contributed by atoms with Gasteiger partial charge in [0.25, 0.3) is 0 Å². The molecule has 100 valence electrons. The molecule has 1 atom stereocenters. The molecule has 1 saturated carbocycles. The van der Waals surface area contributed by atoms with Gasteiger partial charge in [0.1, 0.15) is 12.1 Å². The molecule has 1 aliphatic heterocycles. The number of nitrogens with one attached hydrogen (secondary N) is 1. The normalized spacial score (nSPS) is 23.1. The second-order valence-corrected chi connectivity index (χ2v) is 6.43. The van der Waals surface area contributed by atoms with Crippen LogP contribution in [-0.4, -0.2) is 35.1 Å². The number of hydrogen-bond acceptors (Lipinski definition) is 5. The van der Waals surface area contributed by atoms with Crippen LogP contribution in [0.25, 0.3) is 10.2 Å². The average Bonchev–Trinajstić information content (AvgIpc) is 2.95. The summed E-state index contributed by atoms with van der Waals surface area (Å²) < 4.78 is 1.24. The largest absolute Gasteiger partial charge is 0.351 e. The van der Waals surface area contributed by atoms with Gasteiger partial charge in [-0.2, -0.15) is 0 Å². The van der Waals surface area contributed by atoms with E-state index in [1.807, 2.05) is 0 Å². The van der Waals surface area contributed by atoms with E-state index in [1.54, 1.807) is 17.7 Å². The highest BCUT2D eigenvalue weighted by Gasteiger charge is 2.33. The predicted molar refractivity (Wildman–Crippen MR) is 78.8 cm³/mol. The third-order valence-electron chi connectivity index (χ3n) is 4.06. The number of aromatic nitrogens is 2. The lowest BCUT2D eigenvalue weighted by atomic mass is 10.2. The molecule has 0 aromatic carbocycles. The van der Waals surface area contributed by atoms with Gasteiger partial charge in [-0.05, 0) is 43.7 Å².